The first kappa shape index (κ1) is 12.9. The first-order chi connectivity index (χ1) is 8.56. The molecule has 1 aromatic rings. The molecular formula is C13H14ClNO3. The van der Waals surface area contributed by atoms with Crippen molar-refractivity contribution >= 4 is 23.5 Å². The maximum atomic E-state index is 11.9. The number of hydrogen-bond donors (Lipinski definition) is 0. The molecule has 1 fully saturated rings. The second-order valence-corrected chi connectivity index (χ2v) is 4.77. The van der Waals surface area contributed by atoms with E-state index in [1.54, 1.807) is 12.1 Å². The third kappa shape index (κ3) is 3.01. The monoisotopic (exact) mass is 267 g/mol. The molecule has 4 nitrogen and oxygen atoms in total. The lowest BCUT2D eigenvalue weighted by Crippen LogP contribution is -2.41. The number of aryl methyl sites for hydroxylation is 1. The third-order valence-electron chi connectivity index (χ3n) is 2.79. The van der Waals surface area contributed by atoms with Crippen molar-refractivity contribution < 1.29 is 14.3 Å². The number of ketones is 1. The molecule has 1 heterocycles. The van der Waals surface area contributed by atoms with E-state index in [-0.39, 0.29) is 12.3 Å². The summed E-state index contributed by atoms with van der Waals surface area (Å²) in [5.41, 5.74) is 0.955. The zero-order chi connectivity index (χ0) is 13.1. The Hall–Kier alpha value is -1.55. The zero-order valence-electron chi connectivity index (χ0n) is 10.1. The van der Waals surface area contributed by atoms with E-state index in [0.29, 0.717) is 30.2 Å². The van der Waals surface area contributed by atoms with Crippen LogP contribution in [0.1, 0.15) is 18.4 Å². The molecule has 0 radical (unpaired) electrons. The number of carbonyl (C=O) groups is 2. The highest BCUT2D eigenvalue weighted by Gasteiger charge is 2.23. The van der Waals surface area contributed by atoms with E-state index in [9.17, 15) is 9.59 Å². The van der Waals surface area contributed by atoms with Crippen LogP contribution in [-0.2, 0) is 4.79 Å². The number of carbonyl (C=O) groups excluding carboxylic acids is 2. The van der Waals surface area contributed by atoms with Gasteiger partial charge in [0.1, 0.15) is 0 Å². The van der Waals surface area contributed by atoms with Gasteiger partial charge in [0.25, 0.3) is 0 Å². The molecule has 0 atom stereocenters. The largest absolute Gasteiger partial charge is 0.415 e. The van der Waals surface area contributed by atoms with Gasteiger partial charge < -0.3 is 9.64 Å². The molecule has 2 rings (SSSR count). The Morgan fingerprint density at radius 3 is 2.94 bits per heavy atom. The van der Waals surface area contributed by atoms with Crippen LogP contribution in [0.5, 0.6) is 5.75 Å². The molecule has 0 unspecified atom stereocenters. The molecule has 1 aromatic carbocycles. The number of hydrogen-bond acceptors (Lipinski definition) is 3. The van der Waals surface area contributed by atoms with Crippen LogP contribution in [0.2, 0.25) is 5.02 Å². The second kappa shape index (κ2) is 5.40. The van der Waals surface area contributed by atoms with Gasteiger partial charge >= 0.3 is 6.09 Å². The lowest BCUT2D eigenvalue weighted by molar-refractivity contribution is -0.121. The molecule has 0 aromatic heterocycles. The normalized spacial score (nSPS) is 15.7. The molecule has 1 amide bonds. The number of nitrogens with zero attached hydrogens (tertiary/aromatic N) is 1. The fourth-order valence-corrected chi connectivity index (χ4v) is 2.00. The van der Waals surface area contributed by atoms with Crippen LogP contribution in [0, 0.1) is 6.92 Å². The lowest BCUT2D eigenvalue weighted by atomic mass is 10.1. The first-order valence-corrected chi connectivity index (χ1v) is 6.18. The van der Waals surface area contributed by atoms with Crippen molar-refractivity contribution in [3.8, 4) is 5.75 Å². The summed E-state index contributed by atoms with van der Waals surface area (Å²) < 4.78 is 5.22. The van der Waals surface area contributed by atoms with Crippen LogP contribution in [0.4, 0.5) is 4.79 Å². The highest BCUT2D eigenvalue weighted by atomic mass is 35.5. The van der Waals surface area contributed by atoms with Crippen LogP contribution in [-0.4, -0.2) is 29.9 Å². The maximum absolute atomic E-state index is 11.9. The number of ether oxygens (including phenoxy) is 1. The number of piperidine rings is 1. The van der Waals surface area contributed by atoms with E-state index >= 15 is 0 Å². The molecule has 5 heteroatoms. The fourth-order valence-electron chi connectivity index (χ4n) is 1.84. The Morgan fingerprint density at radius 2 is 2.22 bits per heavy atom. The number of rotatable bonds is 1. The summed E-state index contributed by atoms with van der Waals surface area (Å²) in [6.07, 6.45) is 0.709. The quantitative estimate of drug-likeness (QED) is 0.786. The Bertz CT molecular complexity index is 487. The van der Waals surface area contributed by atoms with Crippen LogP contribution in [0.3, 0.4) is 0 Å². The summed E-state index contributed by atoms with van der Waals surface area (Å²) in [4.78, 5) is 24.6. The molecule has 18 heavy (non-hydrogen) atoms. The first-order valence-electron chi connectivity index (χ1n) is 5.81. The van der Waals surface area contributed by atoms with Gasteiger partial charge in [0.15, 0.2) is 11.5 Å². The average Bonchev–Trinajstić information content (AvgIpc) is 2.34. The minimum Gasteiger partial charge on any atom is -0.409 e. The van der Waals surface area contributed by atoms with Gasteiger partial charge in [-0.05, 0) is 31.0 Å². The Kier molecular flexibility index (Phi) is 3.87. The minimum absolute atomic E-state index is 0.0635. The molecule has 1 saturated heterocycles. The molecule has 96 valence electrons. The van der Waals surface area contributed by atoms with Crippen molar-refractivity contribution in [2.24, 2.45) is 0 Å². The van der Waals surface area contributed by atoms with Crippen molar-refractivity contribution in [2.45, 2.75) is 19.8 Å². The molecule has 0 N–H and O–H groups in total. The maximum Gasteiger partial charge on any atom is 0.415 e. The highest BCUT2D eigenvalue weighted by Crippen LogP contribution is 2.26. The number of amides is 1. The van der Waals surface area contributed by atoms with Crippen molar-refractivity contribution in [1.29, 1.82) is 0 Å². The molecular weight excluding hydrogens is 254 g/mol. The van der Waals surface area contributed by atoms with Crippen molar-refractivity contribution in [3.05, 3.63) is 28.8 Å². The fraction of sp³-hybridized carbons (Fsp3) is 0.385. The van der Waals surface area contributed by atoms with Crippen molar-refractivity contribution in [1.82, 2.24) is 4.90 Å². The lowest BCUT2D eigenvalue weighted by Gasteiger charge is -2.25. The average molecular weight is 268 g/mol. The van der Waals surface area contributed by atoms with Gasteiger partial charge in [0.2, 0.25) is 0 Å². The zero-order valence-corrected chi connectivity index (χ0v) is 10.9. The van der Waals surface area contributed by atoms with Gasteiger partial charge in [0, 0.05) is 13.0 Å². The van der Waals surface area contributed by atoms with Crippen molar-refractivity contribution in [2.75, 3.05) is 13.1 Å². The Balaban J connectivity index is 2.06. The topological polar surface area (TPSA) is 46.6 Å². The predicted octanol–water partition coefficient (Wildman–Crippen LogP) is 2.81. The summed E-state index contributed by atoms with van der Waals surface area (Å²) in [6.45, 7) is 2.56. The van der Waals surface area contributed by atoms with E-state index in [1.165, 1.54) is 4.90 Å². The van der Waals surface area contributed by atoms with Crippen LogP contribution < -0.4 is 4.74 Å². The van der Waals surface area contributed by atoms with E-state index in [0.717, 1.165) is 5.56 Å². The Morgan fingerprint density at radius 1 is 1.44 bits per heavy atom. The van der Waals surface area contributed by atoms with Gasteiger partial charge in [-0.3, -0.25) is 4.79 Å². The highest BCUT2D eigenvalue weighted by molar-refractivity contribution is 6.32. The van der Waals surface area contributed by atoms with E-state index in [4.69, 9.17) is 16.3 Å². The van der Waals surface area contributed by atoms with Gasteiger partial charge in [-0.25, -0.2) is 4.79 Å². The standard InChI is InChI=1S/C13H14ClNO3/c1-9-4-5-11(14)12(7-9)18-13(17)15-6-2-3-10(16)8-15/h4-5,7H,2-3,6,8H2,1H3. The number of halogens is 1. The second-order valence-electron chi connectivity index (χ2n) is 4.37. The number of likely N-dealkylation sites (tertiary alicyclic amines) is 1. The summed E-state index contributed by atoms with van der Waals surface area (Å²) in [5.74, 6) is 0.397. The van der Waals surface area contributed by atoms with Crippen LogP contribution in [0.15, 0.2) is 18.2 Å². The Labute approximate surface area is 110 Å². The van der Waals surface area contributed by atoms with Crippen LogP contribution >= 0.6 is 11.6 Å². The molecule has 0 spiro atoms. The summed E-state index contributed by atoms with van der Waals surface area (Å²) in [6, 6.07) is 5.22. The van der Waals surface area contributed by atoms with Gasteiger partial charge in [-0.15, -0.1) is 0 Å². The number of Topliss-reactive ketones (excluding diaryl/α,β-unsaturated/α-hetero) is 1. The molecule has 0 bridgehead atoms. The van der Waals surface area contributed by atoms with E-state index in [2.05, 4.69) is 0 Å². The predicted molar refractivity (Wildman–Crippen MR) is 68.0 cm³/mol. The van der Waals surface area contributed by atoms with Gasteiger partial charge in [-0.2, -0.15) is 0 Å². The minimum atomic E-state index is -0.518. The summed E-state index contributed by atoms with van der Waals surface area (Å²) >= 11 is 5.95. The summed E-state index contributed by atoms with van der Waals surface area (Å²) in [7, 11) is 0. The third-order valence-corrected chi connectivity index (χ3v) is 3.11. The van der Waals surface area contributed by atoms with Crippen LogP contribution in [0.25, 0.3) is 0 Å². The molecule has 1 aliphatic rings. The molecule has 0 aliphatic carbocycles. The number of benzene rings is 1. The van der Waals surface area contributed by atoms with E-state index in [1.807, 2.05) is 13.0 Å². The molecule has 1 aliphatic heterocycles. The summed E-state index contributed by atoms with van der Waals surface area (Å²) in [5, 5.41) is 0.386. The van der Waals surface area contributed by atoms with Crippen molar-refractivity contribution in [3.63, 3.8) is 0 Å². The van der Waals surface area contributed by atoms with E-state index < -0.39 is 6.09 Å². The molecule has 0 saturated carbocycles. The van der Waals surface area contributed by atoms with Gasteiger partial charge in [-0.1, -0.05) is 17.7 Å². The van der Waals surface area contributed by atoms with Gasteiger partial charge in [0.05, 0.1) is 11.6 Å². The SMILES string of the molecule is Cc1ccc(Cl)c(OC(=O)N2CCCC(=O)C2)c1. The smallest absolute Gasteiger partial charge is 0.409 e.